The van der Waals surface area contributed by atoms with Gasteiger partial charge in [-0.15, -0.1) is 45.3 Å². The Bertz CT molecular complexity index is 3280. The zero-order valence-corrected chi connectivity index (χ0v) is 47.1. The van der Waals surface area contributed by atoms with Crippen molar-refractivity contribution in [3.8, 4) is 65.4 Å². The molecule has 0 spiro atoms. The van der Waals surface area contributed by atoms with Gasteiger partial charge in [0.25, 0.3) is 0 Å². The third-order valence-electron chi connectivity index (χ3n) is 14.3. The van der Waals surface area contributed by atoms with Gasteiger partial charge in [-0.25, -0.2) is 0 Å². The van der Waals surface area contributed by atoms with Crippen LogP contribution in [0, 0.1) is 27.7 Å². The molecule has 5 heterocycles. The predicted molar refractivity (Wildman–Crippen MR) is 327 cm³/mol. The summed E-state index contributed by atoms with van der Waals surface area (Å²) in [4.78, 5) is 10.7. The molecule has 10 aromatic rings. The van der Waals surface area contributed by atoms with E-state index in [-0.39, 0.29) is 0 Å². The fourth-order valence-corrected chi connectivity index (χ4v) is 16.2. The van der Waals surface area contributed by atoms with Crippen molar-refractivity contribution in [2.45, 2.75) is 106 Å². The SMILES string of the molecule is CCCCCCc1sc(/C=C/c2sc(-c3ccc(-c4sc(/C=C/c5sc(CCCCCC)c(C)c5-c5ccccc5)c(-c5ccccc5)c4C)c4nsnc34)c(C)c2-c2ccccc2)c(-c2ccccc2)c1C. The number of thiophene rings is 4. The summed E-state index contributed by atoms with van der Waals surface area (Å²) >= 11 is 9.02. The number of unbranched alkanes of at least 4 members (excludes halogenated alkanes) is 6. The first-order valence-corrected chi connectivity index (χ1v) is 30.2. The highest BCUT2D eigenvalue weighted by Crippen LogP contribution is 2.50. The van der Waals surface area contributed by atoms with Crippen LogP contribution in [0.4, 0.5) is 0 Å². The molecule has 0 aliphatic rings. The summed E-state index contributed by atoms with van der Waals surface area (Å²) in [7, 11) is 0. The Morgan fingerprint density at radius 2 is 0.671 bits per heavy atom. The van der Waals surface area contributed by atoms with E-state index in [1.54, 1.807) is 0 Å². The van der Waals surface area contributed by atoms with E-state index in [1.807, 2.05) is 45.3 Å². The Hall–Kier alpha value is -5.80. The molecular formula is C66H64N2S5. The smallest absolute Gasteiger partial charge is 0.114 e. The number of rotatable bonds is 20. The summed E-state index contributed by atoms with van der Waals surface area (Å²) in [5.74, 6) is 0. The summed E-state index contributed by atoms with van der Waals surface area (Å²) in [5, 5.41) is 0. The molecule has 7 heteroatoms. The molecule has 0 fully saturated rings. The van der Waals surface area contributed by atoms with Crippen molar-refractivity contribution >= 4 is 92.4 Å². The summed E-state index contributed by atoms with van der Waals surface area (Å²) in [6.07, 6.45) is 22.0. The molecule has 5 aromatic heterocycles. The Labute approximate surface area is 453 Å². The Balaban J connectivity index is 1.05. The second-order valence-electron chi connectivity index (χ2n) is 19.2. The molecule has 0 N–H and O–H groups in total. The molecule has 0 amide bonds. The zero-order chi connectivity index (χ0) is 50.3. The molecule has 0 aliphatic heterocycles. The molecule has 2 nitrogen and oxygen atoms in total. The first-order chi connectivity index (χ1) is 35.8. The first kappa shape index (κ1) is 50.7. The number of hydrogen-bond donors (Lipinski definition) is 0. The van der Waals surface area contributed by atoms with Gasteiger partial charge >= 0.3 is 0 Å². The van der Waals surface area contributed by atoms with Crippen LogP contribution in [0.25, 0.3) is 101 Å². The Morgan fingerprint density at radius 3 is 1.00 bits per heavy atom. The lowest BCUT2D eigenvalue weighted by molar-refractivity contribution is 0.669. The maximum absolute atomic E-state index is 5.11. The maximum Gasteiger partial charge on any atom is 0.114 e. The standard InChI is InChI=1S/C66H64N2S5/c1-7-9-11-25-35-53-43(3)59(47-27-17-13-18-28-47)55(69-53)39-41-57-61(49-31-21-15-22-32-49)45(5)65(71-57)51-37-38-52(64-63(51)67-73-68-64)66-46(6)62(50-33-23-16-24-34-50)58(72-66)42-40-56-60(48-29-19-14-20-30-48)44(4)54(70-56)36-26-12-10-8-2/h13-24,27-34,37-42H,7-12,25-26,35-36H2,1-6H3/b41-39+,42-40+. The molecule has 10 rings (SSSR count). The quantitative estimate of drug-likeness (QED) is 0.0711. The highest BCUT2D eigenvalue weighted by Gasteiger charge is 2.25. The zero-order valence-electron chi connectivity index (χ0n) is 43.0. The lowest BCUT2D eigenvalue weighted by atomic mass is 9.95. The normalized spacial score (nSPS) is 11.9. The number of benzene rings is 5. The van der Waals surface area contributed by atoms with Gasteiger partial charge in [0.15, 0.2) is 0 Å². The average Bonchev–Trinajstić information content (AvgIpc) is 4.25. The van der Waals surface area contributed by atoms with Crippen LogP contribution < -0.4 is 0 Å². The number of nitrogens with zero attached hydrogens (tertiary/aromatic N) is 2. The van der Waals surface area contributed by atoms with Crippen molar-refractivity contribution in [1.82, 2.24) is 8.75 Å². The lowest BCUT2D eigenvalue weighted by Gasteiger charge is -2.08. The highest BCUT2D eigenvalue weighted by molar-refractivity contribution is 7.18. The second kappa shape index (κ2) is 23.6. The van der Waals surface area contributed by atoms with Crippen molar-refractivity contribution in [2.75, 3.05) is 0 Å². The third kappa shape index (κ3) is 10.8. The Kier molecular flexibility index (Phi) is 16.4. The van der Waals surface area contributed by atoms with Crippen molar-refractivity contribution in [3.63, 3.8) is 0 Å². The monoisotopic (exact) mass is 1040 g/mol. The number of fused-ring (bicyclic) bond motifs is 1. The molecule has 5 aromatic carbocycles. The van der Waals surface area contributed by atoms with E-state index >= 15 is 0 Å². The number of aromatic nitrogens is 2. The summed E-state index contributed by atoms with van der Waals surface area (Å²) < 4.78 is 10.2. The van der Waals surface area contributed by atoms with Gasteiger partial charge in [0.2, 0.25) is 0 Å². The molecule has 0 saturated heterocycles. The van der Waals surface area contributed by atoms with Gasteiger partial charge in [0, 0.05) is 72.4 Å². The minimum absolute atomic E-state index is 0.967. The van der Waals surface area contributed by atoms with Gasteiger partial charge in [-0.05, 0) is 122 Å². The number of hydrogen-bond acceptors (Lipinski definition) is 7. The van der Waals surface area contributed by atoms with Crippen LogP contribution in [0.1, 0.15) is 117 Å². The average molecular weight is 1050 g/mol. The van der Waals surface area contributed by atoms with Crippen LogP contribution in [0.2, 0.25) is 0 Å². The molecule has 0 saturated carbocycles. The van der Waals surface area contributed by atoms with Crippen molar-refractivity contribution < 1.29 is 0 Å². The Morgan fingerprint density at radius 1 is 0.356 bits per heavy atom. The molecule has 0 bridgehead atoms. The van der Waals surface area contributed by atoms with Crippen molar-refractivity contribution in [3.05, 3.63) is 185 Å². The van der Waals surface area contributed by atoms with Gasteiger partial charge < -0.3 is 0 Å². The van der Waals surface area contributed by atoms with Crippen LogP contribution in [-0.2, 0) is 12.8 Å². The fourth-order valence-electron chi connectivity index (χ4n) is 10.5. The molecule has 0 aliphatic carbocycles. The third-order valence-corrected chi connectivity index (χ3v) is 20.1. The van der Waals surface area contributed by atoms with E-state index in [2.05, 4.69) is 199 Å². The predicted octanol–water partition coefficient (Wildman–Crippen LogP) is 21.8. The topological polar surface area (TPSA) is 25.8 Å². The van der Waals surface area contributed by atoms with E-state index < -0.39 is 0 Å². The summed E-state index contributed by atoms with van der Waals surface area (Å²) in [6, 6.07) is 48.5. The van der Waals surface area contributed by atoms with Crippen molar-refractivity contribution in [1.29, 1.82) is 0 Å². The summed E-state index contributed by atoms with van der Waals surface area (Å²) in [5.41, 5.74) is 19.9. The fraction of sp³-hybridized carbons (Fsp3) is 0.242. The van der Waals surface area contributed by atoms with Crippen molar-refractivity contribution in [2.24, 2.45) is 0 Å². The van der Waals surface area contributed by atoms with E-state index in [4.69, 9.17) is 8.75 Å². The maximum atomic E-state index is 5.11. The van der Waals surface area contributed by atoms with Gasteiger partial charge in [-0.1, -0.05) is 186 Å². The molecular weight excluding hydrogens is 981 g/mol. The van der Waals surface area contributed by atoms with Gasteiger partial charge in [-0.2, -0.15) is 8.75 Å². The van der Waals surface area contributed by atoms with Crippen LogP contribution >= 0.6 is 57.1 Å². The van der Waals surface area contributed by atoms with E-state index in [0.717, 1.165) is 35.0 Å². The molecule has 368 valence electrons. The van der Waals surface area contributed by atoms with E-state index in [1.165, 1.54) is 169 Å². The molecule has 73 heavy (non-hydrogen) atoms. The van der Waals surface area contributed by atoms with Gasteiger partial charge in [0.05, 0.1) is 11.7 Å². The van der Waals surface area contributed by atoms with E-state index in [9.17, 15) is 0 Å². The minimum Gasteiger partial charge on any atom is -0.172 e. The van der Waals surface area contributed by atoms with E-state index in [0.29, 0.717) is 0 Å². The molecule has 0 atom stereocenters. The van der Waals surface area contributed by atoms with Crippen LogP contribution in [0.3, 0.4) is 0 Å². The van der Waals surface area contributed by atoms with Crippen LogP contribution in [0.15, 0.2) is 133 Å². The molecule has 0 unspecified atom stereocenters. The van der Waals surface area contributed by atoms with Gasteiger partial charge in [-0.3, -0.25) is 0 Å². The highest BCUT2D eigenvalue weighted by atomic mass is 32.1. The lowest BCUT2D eigenvalue weighted by Crippen LogP contribution is -1.87. The van der Waals surface area contributed by atoms with Gasteiger partial charge in [0.1, 0.15) is 11.0 Å². The minimum atomic E-state index is 0.967. The van der Waals surface area contributed by atoms with Crippen LogP contribution in [-0.4, -0.2) is 8.75 Å². The first-order valence-electron chi connectivity index (χ1n) is 26.2. The largest absolute Gasteiger partial charge is 0.172 e. The number of aryl methyl sites for hydroxylation is 2. The summed E-state index contributed by atoms with van der Waals surface area (Å²) in [6.45, 7) is 13.8. The molecule has 0 radical (unpaired) electrons. The second-order valence-corrected chi connectivity index (χ2v) is 24.2. The van der Waals surface area contributed by atoms with Crippen LogP contribution in [0.5, 0.6) is 0 Å².